The van der Waals surface area contributed by atoms with Crippen LogP contribution in [0.4, 0.5) is 0 Å². The standard InChI is InChI=1S/C66H120N2O21/c1-4-6-8-10-12-14-16-18-20-21-22-23-24-25-26-28-30-32-34-36-38-40-53(76)68-47(48(73)39-37-35-33-31-29-27-19-17-15-13-11-9-7-5-2)45-84-63-58(80)57(79)60(52(44-71)86-63)87-64-59(81)62(56(78)51(43-70)85-64)89-66(65(82)83)41-49(74)54(67-46(3)72)61(88-66)55(77)50(75)42-69/h6,8,12,14,47-52,54-64,69-71,73-75,77-81H,4-5,7,9-11,13,15-45H2,1-3H3,(H,67,72)(H,68,76)(H,82,83)/b8-6-,14-12-. The quantitative estimate of drug-likeness (QED) is 0.0257. The number of aliphatic hydroxyl groups excluding tert-OH is 11. The van der Waals surface area contributed by atoms with Crippen molar-refractivity contribution in [3.8, 4) is 0 Å². The van der Waals surface area contributed by atoms with Gasteiger partial charge in [0.25, 0.3) is 5.79 Å². The summed E-state index contributed by atoms with van der Waals surface area (Å²) in [7, 11) is 0. The Labute approximate surface area is 530 Å². The van der Waals surface area contributed by atoms with Gasteiger partial charge in [-0.1, -0.05) is 205 Å². The molecule has 89 heavy (non-hydrogen) atoms. The number of carboxylic acid groups (broad SMARTS) is 1. The number of nitrogens with one attached hydrogen (secondary N) is 2. The first kappa shape index (κ1) is 80.4. The van der Waals surface area contributed by atoms with Gasteiger partial charge < -0.3 is 100 Å². The summed E-state index contributed by atoms with van der Waals surface area (Å²) in [6, 6.07) is -2.53. The Morgan fingerprint density at radius 2 is 1.11 bits per heavy atom. The van der Waals surface area contributed by atoms with Crippen LogP contribution in [0.15, 0.2) is 24.3 Å². The molecule has 520 valence electrons. The Balaban J connectivity index is 1.59. The fourth-order valence-electron chi connectivity index (χ4n) is 12.0. The van der Waals surface area contributed by atoms with Crippen molar-refractivity contribution in [1.82, 2.24) is 10.6 Å². The van der Waals surface area contributed by atoms with Gasteiger partial charge in [0, 0.05) is 19.8 Å². The maximum atomic E-state index is 13.5. The van der Waals surface area contributed by atoms with Gasteiger partial charge in [-0.3, -0.25) is 9.59 Å². The molecule has 0 aromatic carbocycles. The van der Waals surface area contributed by atoms with Crippen LogP contribution in [0, 0.1) is 0 Å². The molecule has 23 heteroatoms. The lowest BCUT2D eigenvalue weighted by molar-refractivity contribution is -0.386. The largest absolute Gasteiger partial charge is 0.477 e. The van der Waals surface area contributed by atoms with E-state index >= 15 is 0 Å². The maximum Gasteiger partial charge on any atom is 0.364 e. The maximum absolute atomic E-state index is 13.5. The van der Waals surface area contributed by atoms with Gasteiger partial charge in [-0.15, -0.1) is 0 Å². The fourth-order valence-corrected chi connectivity index (χ4v) is 12.0. The molecule has 3 aliphatic rings. The van der Waals surface area contributed by atoms with Crippen molar-refractivity contribution >= 4 is 17.8 Å². The molecule has 3 aliphatic heterocycles. The molecule has 0 saturated carbocycles. The highest BCUT2D eigenvalue weighted by Crippen LogP contribution is 2.39. The summed E-state index contributed by atoms with van der Waals surface area (Å²) in [5.74, 6) is -6.10. The van der Waals surface area contributed by atoms with Crippen LogP contribution in [0.1, 0.15) is 239 Å². The molecule has 0 aliphatic carbocycles. The van der Waals surface area contributed by atoms with Gasteiger partial charge in [0.15, 0.2) is 12.6 Å². The van der Waals surface area contributed by atoms with Crippen LogP contribution < -0.4 is 10.6 Å². The molecule has 18 unspecified atom stereocenters. The van der Waals surface area contributed by atoms with E-state index in [-0.39, 0.29) is 18.9 Å². The second-order valence-corrected chi connectivity index (χ2v) is 25.0. The summed E-state index contributed by atoms with van der Waals surface area (Å²) in [4.78, 5) is 38.5. The van der Waals surface area contributed by atoms with Crippen molar-refractivity contribution in [2.45, 2.75) is 349 Å². The molecule has 0 radical (unpaired) electrons. The Kier molecular flexibility index (Phi) is 42.6. The highest BCUT2D eigenvalue weighted by molar-refractivity contribution is 5.77. The number of ether oxygens (including phenoxy) is 6. The van der Waals surface area contributed by atoms with Gasteiger partial charge in [0.2, 0.25) is 11.8 Å². The van der Waals surface area contributed by atoms with Crippen LogP contribution in [0.25, 0.3) is 0 Å². The Bertz CT molecular complexity index is 1900. The molecule has 23 nitrogen and oxygen atoms in total. The summed E-state index contributed by atoms with van der Waals surface area (Å²) < 4.78 is 34.8. The first-order valence-corrected chi connectivity index (χ1v) is 34.2. The molecule has 2 amide bonds. The first-order chi connectivity index (χ1) is 42.9. The molecule has 0 spiro atoms. The van der Waals surface area contributed by atoms with Gasteiger partial charge in [-0.05, 0) is 38.5 Å². The molecule has 0 aromatic rings. The van der Waals surface area contributed by atoms with E-state index in [1.54, 1.807) is 0 Å². The van der Waals surface area contributed by atoms with Crippen LogP contribution in [0.2, 0.25) is 0 Å². The van der Waals surface area contributed by atoms with Crippen LogP contribution in [0.5, 0.6) is 0 Å². The average molecular weight is 1280 g/mol. The minimum Gasteiger partial charge on any atom is -0.477 e. The monoisotopic (exact) mass is 1280 g/mol. The summed E-state index contributed by atoms with van der Waals surface area (Å²) in [6.07, 6.45) is 16.1. The highest BCUT2D eigenvalue weighted by atomic mass is 16.8. The number of carbonyl (C=O) groups excluding carboxylic acids is 2. The number of aliphatic carboxylic acids is 1. The number of carbonyl (C=O) groups is 3. The van der Waals surface area contributed by atoms with Crippen molar-refractivity contribution in [3.63, 3.8) is 0 Å². The third-order valence-corrected chi connectivity index (χ3v) is 17.4. The van der Waals surface area contributed by atoms with E-state index in [2.05, 4.69) is 48.8 Å². The lowest BCUT2D eigenvalue weighted by atomic mass is 9.88. The third-order valence-electron chi connectivity index (χ3n) is 17.4. The Morgan fingerprint density at radius 1 is 0.596 bits per heavy atom. The predicted molar refractivity (Wildman–Crippen MR) is 334 cm³/mol. The number of rotatable bonds is 51. The summed E-state index contributed by atoms with van der Waals surface area (Å²) in [5, 5.41) is 136. The molecule has 0 aromatic heterocycles. The summed E-state index contributed by atoms with van der Waals surface area (Å²) in [5.41, 5.74) is 0. The first-order valence-electron chi connectivity index (χ1n) is 34.2. The van der Waals surface area contributed by atoms with Crippen molar-refractivity contribution in [2.24, 2.45) is 0 Å². The van der Waals surface area contributed by atoms with E-state index in [9.17, 15) is 75.7 Å². The number of aliphatic hydroxyl groups is 11. The number of allylic oxidation sites excluding steroid dienone is 4. The number of amides is 2. The number of hydrogen-bond acceptors (Lipinski definition) is 20. The number of hydrogen-bond donors (Lipinski definition) is 14. The molecule has 3 rings (SSSR count). The van der Waals surface area contributed by atoms with Crippen LogP contribution >= 0.6 is 0 Å². The van der Waals surface area contributed by atoms with E-state index in [0.717, 1.165) is 71.1 Å². The zero-order valence-electron chi connectivity index (χ0n) is 54.0. The van der Waals surface area contributed by atoms with Crippen molar-refractivity contribution in [3.05, 3.63) is 24.3 Å². The van der Waals surface area contributed by atoms with Gasteiger partial charge in [-0.2, -0.15) is 0 Å². The van der Waals surface area contributed by atoms with Crippen LogP contribution in [-0.2, 0) is 42.8 Å². The van der Waals surface area contributed by atoms with Crippen LogP contribution in [-0.4, -0.2) is 215 Å². The van der Waals surface area contributed by atoms with E-state index in [0.29, 0.717) is 19.3 Å². The minimum absolute atomic E-state index is 0.223. The summed E-state index contributed by atoms with van der Waals surface area (Å²) in [6.45, 7) is 2.10. The molecule has 0 bridgehead atoms. The van der Waals surface area contributed by atoms with Crippen molar-refractivity contribution in [1.29, 1.82) is 0 Å². The van der Waals surface area contributed by atoms with E-state index in [1.165, 1.54) is 122 Å². The molecule has 14 N–H and O–H groups in total. The molecule has 3 saturated heterocycles. The van der Waals surface area contributed by atoms with Gasteiger partial charge >= 0.3 is 5.97 Å². The molecule has 3 fully saturated rings. The second kappa shape index (κ2) is 47.1. The van der Waals surface area contributed by atoms with E-state index in [4.69, 9.17) is 28.4 Å². The number of carboxylic acids is 1. The van der Waals surface area contributed by atoms with E-state index < -0.39 is 148 Å². The smallest absolute Gasteiger partial charge is 0.364 e. The normalized spacial score (nSPS) is 28.9. The topological polar surface area (TPSA) is 373 Å². The van der Waals surface area contributed by atoms with Crippen molar-refractivity contribution < 1.29 is 104 Å². The molecular formula is C66H120N2O21. The lowest BCUT2D eigenvalue weighted by Crippen LogP contribution is -2.70. The fraction of sp³-hybridized carbons (Fsp3) is 0.894. The van der Waals surface area contributed by atoms with Gasteiger partial charge in [0.05, 0.1) is 50.7 Å². The van der Waals surface area contributed by atoms with E-state index in [1.807, 2.05) is 0 Å². The van der Waals surface area contributed by atoms with Gasteiger partial charge in [0.1, 0.15) is 67.1 Å². The number of unbranched alkanes of at least 4 members (excludes halogenated alkanes) is 27. The minimum atomic E-state index is -3.08. The second-order valence-electron chi connectivity index (χ2n) is 25.0. The average Bonchev–Trinajstić information content (AvgIpc) is 0.878. The Hall–Kier alpha value is -2.79. The van der Waals surface area contributed by atoms with Crippen molar-refractivity contribution in [2.75, 3.05) is 26.4 Å². The molecular weight excluding hydrogens is 1160 g/mol. The molecule has 3 heterocycles. The zero-order chi connectivity index (χ0) is 65.4. The highest BCUT2D eigenvalue weighted by Gasteiger charge is 2.60. The Morgan fingerprint density at radius 3 is 1.63 bits per heavy atom. The zero-order valence-corrected chi connectivity index (χ0v) is 54.0. The third kappa shape index (κ3) is 30.0. The lowest BCUT2D eigenvalue weighted by Gasteiger charge is -2.50. The predicted octanol–water partition coefficient (Wildman–Crippen LogP) is 5.67. The SMILES string of the molecule is CC/C=C\C/C=C\CCCCCCCCCCCCCCCCC(=O)NC(COC1OC(CO)C(OC2OC(CO)C(O)C(OC3(C(=O)O)CC(O)C(NC(C)=O)C(C(O)C(O)CO)O3)C2O)C(O)C1O)C(O)CCCCCCCCCCCCCCCC. The van der Waals surface area contributed by atoms with Crippen LogP contribution in [0.3, 0.4) is 0 Å². The molecule has 18 atom stereocenters. The van der Waals surface area contributed by atoms with Gasteiger partial charge in [-0.25, -0.2) is 4.79 Å². The summed E-state index contributed by atoms with van der Waals surface area (Å²) >= 11 is 0.